The van der Waals surface area contributed by atoms with Gasteiger partial charge in [-0.3, -0.25) is 4.79 Å². The van der Waals surface area contributed by atoms with Crippen molar-refractivity contribution in [2.45, 2.75) is 59.1 Å². The third-order valence-corrected chi connectivity index (χ3v) is 4.69. The molecule has 4 nitrogen and oxygen atoms in total. The number of nitrogens with zero attached hydrogens (tertiary/aromatic N) is 1. The normalized spacial score (nSPS) is 24.7. The highest BCUT2D eigenvalue weighted by Crippen LogP contribution is 2.45. The van der Waals surface area contributed by atoms with Gasteiger partial charge in [-0.15, -0.1) is 12.4 Å². The minimum atomic E-state index is 0. The second-order valence-electron chi connectivity index (χ2n) is 6.69. The fourth-order valence-corrected chi connectivity index (χ4v) is 3.07. The number of ether oxygens (including phenoxy) is 1. The third-order valence-electron chi connectivity index (χ3n) is 4.69. The van der Waals surface area contributed by atoms with Crippen LogP contribution in [0.5, 0.6) is 0 Å². The van der Waals surface area contributed by atoms with Crippen molar-refractivity contribution < 1.29 is 9.53 Å². The SMILES string of the molecule is CCCCOC1CC(N(C)C(=O)C(C)CNC)C1(C)C.Cl. The highest BCUT2D eigenvalue weighted by atomic mass is 35.5. The zero-order valence-corrected chi connectivity index (χ0v) is 15.3. The van der Waals surface area contributed by atoms with Crippen molar-refractivity contribution in [2.75, 3.05) is 27.2 Å². The minimum Gasteiger partial charge on any atom is -0.378 e. The first-order chi connectivity index (χ1) is 9.36. The maximum absolute atomic E-state index is 12.4. The highest BCUT2D eigenvalue weighted by Gasteiger charge is 2.52. The summed E-state index contributed by atoms with van der Waals surface area (Å²) in [6, 6.07) is 0.293. The van der Waals surface area contributed by atoms with Gasteiger partial charge in [0.05, 0.1) is 6.10 Å². The molecule has 0 aromatic heterocycles. The second kappa shape index (κ2) is 8.96. The molecule has 1 aliphatic rings. The van der Waals surface area contributed by atoms with Crippen LogP contribution in [0.1, 0.15) is 47.0 Å². The van der Waals surface area contributed by atoms with E-state index in [1.54, 1.807) is 0 Å². The molecule has 1 saturated carbocycles. The molecule has 0 spiro atoms. The van der Waals surface area contributed by atoms with Gasteiger partial charge in [0.1, 0.15) is 0 Å². The van der Waals surface area contributed by atoms with Crippen molar-refractivity contribution in [3.63, 3.8) is 0 Å². The first kappa shape index (κ1) is 20.7. The van der Waals surface area contributed by atoms with Crippen LogP contribution in [0.25, 0.3) is 0 Å². The third kappa shape index (κ3) is 4.83. The standard InChI is InChI=1S/C16H32N2O2.ClH/c1-7-8-9-20-14-10-13(16(14,3)4)18(6)15(19)12(2)11-17-5;/h12-14,17H,7-11H2,1-6H3;1H. The lowest BCUT2D eigenvalue weighted by molar-refractivity contribution is -0.167. The Bertz CT molecular complexity index is 323. The summed E-state index contributed by atoms with van der Waals surface area (Å²) >= 11 is 0. The number of hydrogen-bond donors (Lipinski definition) is 1. The Morgan fingerprint density at radius 3 is 2.57 bits per heavy atom. The van der Waals surface area contributed by atoms with E-state index >= 15 is 0 Å². The van der Waals surface area contributed by atoms with Crippen LogP contribution >= 0.6 is 12.4 Å². The molecule has 21 heavy (non-hydrogen) atoms. The number of amides is 1. The van der Waals surface area contributed by atoms with E-state index in [2.05, 4.69) is 26.1 Å². The Morgan fingerprint density at radius 2 is 2.10 bits per heavy atom. The van der Waals surface area contributed by atoms with Crippen molar-refractivity contribution in [3.8, 4) is 0 Å². The van der Waals surface area contributed by atoms with Crippen LogP contribution in [0.4, 0.5) is 0 Å². The van der Waals surface area contributed by atoms with Crippen molar-refractivity contribution in [1.82, 2.24) is 10.2 Å². The molecule has 0 aromatic carbocycles. The van der Waals surface area contributed by atoms with Gasteiger partial charge in [0, 0.05) is 37.6 Å². The summed E-state index contributed by atoms with van der Waals surface area (Å²) < 4.78 is 5.95. The lowest BCUT2D eigenvalue weighted by Crippen LogP contribution is -2.63. The van der Waals surface area contributed by atoms with Gasteiger partial charge in [0.15, 0.2) is 0 Å². The highest BCUT2D eigenvalue weighted by molar-refractivity contribution is 5.85. The van der Waals surface area contributed by atoms with Gasteiger partial charge >= 0.3 is 0 Å². The molecule has 5 heteroatoms. The molecular formula is C16H33ClN2O2. The zero-order valence-electron chi connectivity index (χ0n) is 14.4. The molecule has 1 fully saturated rings. The maximum atomic E-state index is 12.4. The quantitative estimate of drug-likeness (QED) is 0.699. The van der Waals surface area contributed by atoms with Gasteiger partial charge in [0.25, 0.3) is 0 Å². The van der Waals surface area contributed by atoms with Gasteiger partial charge in [-0.1, -0.05) is 34.1 Å². The van der Waals surface area contributed by atoms with Gasteiger partial charge in [0.2, 0.25) is 5.91 Å². The fraction of sp³-hybridized carbons (Fsp3) is 0.938. The molecule has 0 aromatic rings. The zero-order chi connectivity index (χ0) is 15.3. The number of rotatable bonds is 8. The van der Waals surface area contributed by atoms with Gasteiger partial charge in [-0.2, -0.15) is 0 Å². The summed E-state index contributed by atoms with van der Waals surface area (Å²) in [5.41, 5.74) is 0.0531. The van der Waals surface area contributed by atoms with Crippen LogP contribution in [-0.4, -0.2) is 50.2 Å². The Morgan fingerprint density at radius 1 is 1.48 bits per heavy atom. The molecule has 0 radical (unpaired) electrons. The minimum absolute atomic E-state index is 0. The average molecular weight is 321 g/mol. The Hall–Kier alpha value is -0.320. The first-order valence-electron chi connectivity index (χ1n) is 7.89. The molecular weight excluding hydrogens is 288 g/mol. The molecule has 1 N–H and O–H groups in total. The smallest absolute Gasteiger partial charge is 0.226 e. The average Bonchev–Trinajstić information content (AvgIpc) is 2.40. The summed E-state index contributed by atoms with van der Waals surface area (Å²) in [6.45, 7) is 10.1. The number of hydrogen-bond acceptors (Lipinski definition) is 3. The summed E-state index contributed by atoms with van der Waals surface area (Å²) in [6.07, 6.45) is 3.53. The van der Waals surface area contributed by atoms with Crippen LogP contribution in [0, 0.1) is 11.3 Å². The molecule has 0 bridgehead atoms. The Balaban J connectivity index is 0.00000400. The van der Waals surface area contributed by atoms with E-state index < -0.39 is 0 Å². The number of carbonyl (C=O) groups excluding carboxylic acids is 1. The lowest BCUT2D eigenvalue weighted by Gasteiger charge is -2.55. The van der Waals surface area contributed by atoms with Gasteiger partial charge < -0.3 is 15.0 Å². The molecule has 3 atom stereocenters. The van der Waals surface area contributed by atoms with E-state index in [-0.39, 0.29) is 35.8 Å². The van der Waals surface area contributed by atoms with Crippen molar-refractivity contribution in [3.05, 3.63) is 0 Å². The maximum Gasteiger partial charge on any atom is 0.226 e. The molecule has 0 saturated heterocycles. The van der Waals surface area contributed by atoms with Crippen LogP contribution in [-0.2, 0) is 9.53 Å². The second-order valence-corrected chi connectivity index (χ2v) is 6.69. The predicted octanol–water partition coefficient (Wildman–Crippen LogP) is 2.71. The topological polar surface area (TPSA) is 41.6 Å². The lowest BCUT2D eigenvalue weighted by atomic mass is 9.63. The molecule has 1 amide bonds. The van der Waals surface area contributed by atoms with E-state index in [1.165, 1.54) is 0 Å². The molecule has 1 aliphatic carbocycles. The van der Waals surface area contributed by atoms with E-state index in [9.17, 15) is 4.79 Å². The summed E-state index contributed by atoms with van der Waals surface area (Å²) in [5.74, 6) is 0.255. The number of nitrogens with one attached hydrogen (secondary N) is 1. The Kier molecular flexibility index (Phi) is 8.83. The van der Waals surface area contributed by atoms with Crippen molar-refractivity contribution in [2.24, 2.45) is 11.3 Å². The summed E-state index contributed by atoms with van der Waals surface area (Å²) in [4.78, 5) is 14.3. The van der Waals surface area contributed by atoms with Crippen molar-refractivity contribution in [1.29, 1.82) is 0 Å². The molecule has 0 aliphatic heterocycles. The van der Waals surface area contributed by atoms with E-state index in [4.69, 9.17) is 4.74 Å². The monoisotopic (exact) mass is 320 g/mol. The van der Waals surface area contributed by atoms with Crippen LogP contribution in [0.2, 0.25) is 0 Å². The van der Waals surface area contributed by atoms with Crippen LogP contribution < -0.4 is 5.32 Å². The van der Waals surface area contributed by atoms with Crippen LogP contribution in [0.15, 0.2) is 0 Å². The van der Waals surface area contributed by atoms with Crippen molar-refractivity contribution >= 4 is 18.3 Å². The van der Waals surface area contributed by atoms with E-state index in [1.807, 2.05) is 25.9 Å². The fourth-order valence-electron chi connectivity index (χ4n) is 3.07. The van der Waals surface area contributed by atoms with Crippen LogP contribution in [0.3, 0.4) is 0 Å². The van der Waals surface area contributed by atoms with Gasteiger partial charge in [-0.25, -0.2) is 0 Å². The summed E-state index contributed by atoms with van der Waals surface area (Å²) in [7, 11) is 3.82. The summed E-state index contributed by atoms with van der Waals surface area (Å²) in [5, 5.41) is 3.07. The molecule has 3 unspecified atom stereocenters. The molecule has 1 rings (SSSR count). The number of halogens is 1. The Labute approximate surface area is 136 Å². The molecule has 0 heterocycles. The van der Waals surface area contributed by atoms with E-state index in [0.717, 1.165) is 32.4 Å². The predicted molar refractivity (Wildman–Crippen MR) is 89.9 cm³/mol. The first-order valence-corrected chi connectivity index (χ1v) is 7.89. The molecule has 126 valence electrons. The van der Waals surface area contributed by atoms with Gasteiger partial charge in [-0.05, 0) is 19.9 Å². The number of carbonyl (C=O) groups is 1. The largest absolute Gasteiger partial charge is 0.378 e. The van der Waals surface area contributed by atoms with E-state index in [0.29, 0.717) is 6.04 Å². The number of unbranched alkanes of at least 4 members (excludes halogenated alkanes) is 1.